The van der Waals surface area contributed by atoms with E-state index in [9.17, 15) is 13.7 Å². The van der Waals surface area contributed by atoms with Crippen LogP contribution in [0.2, 0.25) is 10.0 Å². The van der Waals surface area contributed by atoms with Crippen LogP contribution in [0.4, 0.5) is 0 Å². The zero-order chi connectivity index (χ0) is 18.7. The van der Waals surface area contributed by atoms with Crippen LogP contribution in [0.3, 0.4) is 0 Å². The Bertz CT molecular complexity index is 952. The Labute approximate surface area is 179 Å². The number of rotatable bonds is 4. The molecule has 144 valence electrons. The Kier molecular flexibility index (Phi) is 7.83. The summed E-state index contributed by atoms with van der Waals surface area (Å²) in [5, 5.41) is 13.3. The fourth-order valence-electron chi connectivity index (χ4n) is 2.60. The van der Waals surface area contributed by atoms with Crippen LogP contribution in [0, 0.1) is 11.3 Å². The summed E-state index contributed by atoms with van der Waals surface area (Å²) in [5.74, 6) is 0. The molecule has 0 spiro atoms. The van der Waals surface area contributed by atoms with Gasteiger partial charge in [0.1, 0.15) is 0 Å². The van der Waals surface area contributed by atoms with Crippen molar-refractivity contribution in [3.8, 4) is 6.07 Å². The van der Waals surface area contributed by atoms with Gasteiger partial charge in [-0.1, -0.05) is 35.0 Å². The number of halogens is 3. The van der Waals surface area contributed by atoms with Gasteiger partial charge in [0.15, 0.2) is 0 Å². The first-order valence-electron chi connectivity index (χ1n) is 7.79. The summed E-state index contributed by atoms with van der Waals surface area (Å²) >= 11 is 13.3. The highest BCUT2D eigenvalue weighted by Gasteiger charge is 2.29. The molecule has 1 saturated heterocycles. The van der Waals surface area contributed by atoms with Gasteiger partial charge in [-0.05, 0) is 36.4 Å². The van der Waals surface area contributed by atoms with Crippen molar-refractivity contribution in [2.75, 3.05) is 26.2 Å². The summed E-state index contributed by atoms with van der Waals surface area (Å²) in [6, 6.07) is 11.7. The summed E-state index contributed by atoms with van der Waals surface area (Å²) in [7, 11) is -3.71. The van der Waals surface area contributed by atoms with E-state index < -0.39 is 10.0 Å². The van der Waals surface area contributed by atoms with E-state index in [-0.39, 0.29) is 17.3 Å². The number of piperazine rings is 1. The minimum Gasteiger partial charge on any atom is -0.314 e. The van der Waals surface area contributed by atoms with Crippen molar-refractivity contribution >= 4 is 57.4 Å². The second kappa shape index (κ2) is 9.48. The zero-order valence-corrected chi connectivity index (χ0v) is 17.9. The lowest BCUT2D eigenvalue weighted by molar-refractivity contribution is 0.359. The lowest BCUT2D eigenvalue weighted by Gasteiger charge is -2.27. The second-order valence-corrected chi connectivity index (χ2v) is 9.53. The van der Waals surface area contributed by atoms with Crippen LogP contribution in [0.15, 0.2) is 51.1 Å². The van der Waals surface area contributed by atoms with Gasteiger partial charge in [0.2, 0.25) is 10.0 Å². The van der Waals surface area contributed by atoms with Gasteiger partial charge in [-0.15, -0.1) is 12.4 Å². The van der Waals surface area contributed by atoms with Crippen molar-refractivity contribution in [1.82, 2.24) is 9.62 Å². The highest BCUT2D eigenvalue weighted by atomic mass is 35.5. The number of nitrogens with zero attached hydrogens (tertiary/aromatic N) is 2. The van der Waals surface area contributed by atoms with Crippen LogP contribution in [0.1, 0.15) is 5.56 Å². The molecule has 1 heterocycles. The molecule has 1 aliphatic rings. The van der Waals surface area contributed by atoms with Crippen molar-refractivity contribution in [2.45, 2.75) is 14.7 Å². The fourth-order valence-corrected chi connectivity index (χ4v) is 6.16. The predicted octanol–water partition coefficient (Wildman–Crippen LogP) is 4.03. The van der Waals surface area contributed by atoms with E-state index in [1.807, 2.05) is 6.07 Å². The molecule has 0 amide bonds. The quantitative estimate of drug-likeness (QED) is 0.739. The van der Waals surface area contributed by atoms with Gasteiger partial charge in [-0.2, -0.15) is 9.57 Å². The van der Waals surface area contributed by atoms with E-state index in [2.05, 4.69) is 5.32 Å². The van der Waals surface area contributed by atoms with Crippen molar-refractivity contribution in [2.24, 2.45) is 0 Å². The highest BCUT2D eigenvalue weighted by Crippen LogP contribution is 2.37. The topological polar surface area (TPSA) is 73.2 Å². The molecule has 0 atom stereocenters. The number of nitriles is 1. The molecule has 1 N–H and O–H groups in total. The monoisotopic (exact) mass is 463 g/mol. The first-order chi connectivity index (χ1) is 12.4. The lowest BCUT2D eigenvalue weighted by atomic mass is 10.2. The molecule has 0 unspecified atom stereocenters. The number of benzene rings is 2. The molecule has 2 aromatic rings. The summed E-state index contributed by atoms with van der Waals surface area (Å²) in [6.07, 6.45) is 0. The van der Waals surface area contributed by atoms with Crippen LogP contribution in [0.5, 0.6) is 0 Å². The normalized spacial score (nSPS) is 15.0. The first-order valence-corrected chi connectivity index (χ1v) is 10.8. The van der Waals surface area contributed by atoms with Gasteiger partial charge in [-0.25, -0.2) is 8.42 Å². The van der Waals surface area contributed by atoms with Crippen LogP contribution >= 0.6 is 47.4 Å². The highest BCUT2D eigenvalue weighted by molar-refractivity contribution is 8.00. The molecular weight excluding hydrogens is 449 g/mol. The molecule has 0 aliphatic carbocycles. The van der Waals surface area contributed by atoms with Gasteiger partial charge in [0, 0.05) is 46.0 Å². The van der Waals surface area contributed by atoms with Gasteiger partial charge in [0.25, 0.3) is 0 Å². The molecule has 10 heteroatoms. The van der Waals surface area contributed by atoms with Crippen molar-refractivity contribution < 1.29 is 8.42 Å². The number of sulfonamides is 1. The molecule has 0 saturated carbocycles. The average molecular weight is 465 g/mol. The van der Waals surface area contributed by atoms with Gasteiger partial charge < -0.3 is 5.32 Å². The van der Waals surface area contributed by atoms with Gasteiger partial charge in [-0.3, -0.25) is 0 Å². The molecule has 0 bridgehead atoms. The Morgan fingerprint density at radius 3 is 2.30 bits per heavy atom. The van der Waals surface area contributed by atoms with E-state index >= 15 is 0 Å². The van der Waals surface area contributed by atoms with Crippen molar-refractivity contribution in [1.29, 1.82) is 5.26 Å². The lowest BCUT2D eigenvalue weighted by Crippen LogP contribution is -2.46. The van der Waals surface area contributed by atoms with Crippen molar-refractivity contribution in [3.63, 3.8) is 0 Å². The summed E-state index contributed by atoms with van der Waals surface area (Å²) in [6.45, 7) is 1.99. The molecule has 0 radical (unpaired) electrons. The Balaban J connectivity index is 0.00000261. The van der Waals surface area contributed by atoms with Crippen LogP contribution in [-0.4, -0.2) is 38.9 Å². The predicted molar refractivity (Wildman–Crippen MR) is 111 cm³/mol. The minimum atomic E-state index is -3.71. The van der Waals surface area contributed by atoms with Crippen molar-refractivity contribution in [3.05, 3.63) is 52.0 Å². The molecule has 5 nitrogen and oxygen atoms in total. The third-order valence-electron chi connectivity index (χ3n) is 3.83. The minimum absolute atomic E-state index is 0. The van der Waals surface area contributed by atoms with Crippen LogP contribution < -0.4 is 5.32 Å². The largest absolute Gasteiger partial charge is 0.314 e. The Hall–Kier alpha value is -0.980. The molecule has 27 heavy (non-hydrogen) atoms. The number of hydrogen-bond acceptors (Lipinski definition) is 5. The van der Waals surface area contributed by atoms with E-state index in [0.717, 1.165) is 4.90 Å². The third kappa shape index (κ3) is 5.30. The Morgan fingerprint density at radius 2 is 1.70 bits per heavy atom. The summed E-state index contributed by atoms with van der Waals surface area (Å²) in [4.78, 5) is 1.38. The number of hydrogen-bond donors (Lipinski definition) is 1. The molecule has 1 fully saturated rings. The maximum atomic E-state index is 13.1. The SMILES string of the molecule is Cl.N#Cc1ccc(Sc2cc(Cl)cc(Cl)c2)c(S(=O)(=O)N2CCNCC2)c1. The molecule has 1 aliphatic heterocycles. The van der Waals surface area contributed by atoms with Crippen LogP contribution in [-0.2, 0) is 10.0 Å². The zero-order valence-electron chi connectivity index (χ0n) is 14.0. The van der Waals surface area contributed by atoms with E-state index in [0.29, 0.717) is 46.7 Å². The van der Waals surface area contributed by atoms with Gasteiger partial charge >= 0.3 is 0 Å². The third-order valence-corrected chi connectivity index (χ3v) is 7.38. The van der Waals surface area contributed by atoms with Gasteiger partial charge in [0.05, 0.1) is 16.5 Å². The Morgan fingerprint density at radius 1 is 1.07 bits per heavy atom. The molecule has 3 rings (SSSR count). The summed E-state index contributed by atoms with van der Waals surface area (Å²) in [5.41, 5.74) is 0.298. The van der Waals surface area contributed by atoms with E-state index in [1.165, 1.54) is 22.1 Å². The molecule has 2 aromatic carbocycles. The molecular formula is C17H16Cl3N3O2S2. The first kappa shape index (κ1) is 22.3. The second-order valence-electron chi connectivity index (χ2n) is 5.63. The fraction of sp³-hybridized carbons (Fsp3) is 0.235. The standard InChI is InChI=1S/C17H15Cl2N3O2S2.ClH/c18-13-8-14(19)10-15(9-13)25-16-2-1-12(11-20)7-17(16)26(23,24)22-5-3-21-4-6-22;/h1-2,7-10,21H,3-6H2;1H. The average Bonchev–Trinajstić information content (AvgIpc) is 2.62. The van der Waals surface area contributed by atoms with E-state index in [4.69, 9.17) is 23.2 Å². The molecule has 0 aromatic heterocycles. The maximum absolute atomic E-state index is 13.1. The number of nitrogens with one attached hydrogen (secondary N) is 1. The maximum Gasteiger partial charge on any atom is 0.244 e. The smallest absolute Gasteiger partial charge is 0.244 e. The summed E-state index contributed by atoms with van der Waals surface area (Å²) < 4.78 is 27.7. The van der Waals surface area contributed by atoms with Crippen LogP contribution in [0.25, 0.3) is 0 Å². The van der Waals surface area contributed by atoms with E-state index in [1.54, 1.807) is 30.3 Å².